The molecule has 0 aliphatic carbocycles. The van der Waals surface area contributed by atoms with Crippen molar-refractivity contribution >= 4 is 5.97 Å². The van der Waals surface area contributed by atoms with E-state index in [1.807, 2.05) is 0 Å². The molecule has 0 radical (unpaired) electrons. The summed E-state index contributed by atoms with van der Waals surface area (Å²) in [5, 5.41) is 0. The van der Waals surface area contributed by atoms with Gasteiger partial charge in [-0.05, 0) is 38.0 Å². The monoisotopic (exact) mass is 745 g/mol. The SMILES string of the molecule is CCCCC=CCCCCCCCC(=O)OCCCCCCCCCCCCCCCCCCCCCCCCCCCCCCCCCCC(C)C. The lowest BCUT2D eigenvalue weighted by Gasteiger charge is -2.06. The number of carbonyl (C=O) groups excluding carboxylic acids is 1. The van der Waals surface area contributed by atoms with Crippen LogP contribution in [0.2, 0.25) is 0 Å². The predicted octanol–water partition coefficient (Wildman–Crippen LogP) is 18.5. The van der Waals surface area contributed by atoms with E-state index in [0.29, 0.717) is 13.0 Å². The first-order chi connectivity index (χ1) is 26.2. The minimum atomic E-state index is 0.0183. The molecule has 0 bridgehead atoms. The number of hydrogen-bond acceptors (Lipinski definition) is 2. The van der Waals surface area contributed by atoms with Crippen molar-refractivity contribution in [1.82, 2.24) is 0 Å². The number of hydrogen-bond donors (Lipinski definition) is 0. The van der Waals surface area contributed by atoms with Gasteiger partial charge in [-0.3, -0.25) is 4.79 Å². The molecule has 0 aliphatic rings. The number of carbonyl (C=O) groups is 1. The molecule has 53 heavy (non-hydrogen) atoms. The first kappa shape index (κ1) is 52.2. The average molecular weight is 745 g/mol. The molecular formula is C51H100O2. The maximum atomic E-state index is 12.0. The Morgan fingerprint density at radius 1 is 0.377 bits per heavy atom. The van der Waals surface area contributed by atoms with Crippen LogP contribution in [-0.4, -0.2) is 12.6 Å². The molecule has 0 amide bonds. The Morgan fingerprint density at radius 2 is 0.660 bits per heavy atom. The normalized spacial score (nSPS) is 11.8. The number of unbranched alkanes of at least 4 members (excludes halogenated alkanes) is 38. The maximum absolute atomic E-state index is 12.0. The number of rotatable bonds is 46. The molecule has 0 aromatic carbocycles. The summed E-state index contributed by atoms with van der Waals surface area (Å²) >= 11 is 0. The smallest absolute Gasteiger partial charge is 0.305 e. The van der Waals surface area contributed by atoms with Gasteiger partial charge in [0.2, 0.25) is 0 Å². The van der Waals surface area contributed by atoms with E-state index in [0.717, 1.165) is 25.2 Å². The van der Waals surface area contributed by atoms with Crippen LogP contribution in [0.4, 0.5) is 0 Å². The number of allylic oxidation sites excluding steroid dienone is 2. The fraction of sp³-hybridized carbons (Fsp3) is 0.941. The molecule has 2 nitrogen and oxygen atoms in total. The maximum Gasteiger partial charge on any atom is 0.305 e. The second-order valence-electron chi connectivity index (χ2n) is 17.6. The van der Waals surface area contributed by atoms with Crippen molar-refractivity contribution in [2.45, 2.75) is 297 Å². The van der Waals surface area contributed by atoms with Crippen LogP contribution < -0.4 is 0 Å². The van der Waals surface area contributed by atoms with Gasteiger partial charge in [0.05, 0.1) is 6.61 Å². The minimum absolute atomic E-state index is 0.0183. The van der Waals surface area contributed by atoms with Crippen molar-refractivity contribution in [3.8, 4) is 0 Å². The molecule has 0 fully saturated rings. The van der Waals surface area contributed by atoms with Crippen molar-refractivity contribution in [3.63, 3.8) is 0 Å². The van der Waals surface area contributed by atoms with Crippen LogP contribution in [-0.2, 0) is 9.53 Å². The number of esters is 1. The summed E-state index contributed by atoms with van der Waals surface area (Å²) in [6, 6.07) is 0. The molecule has 0 atom stereocenters. The van der Waals surface area contributed by atoms with Crippen molar-refractivity contribution < 1.29 is 9.53 Å². The van der Waals surface area contributed by atoms with Gasteiger partial charge in [-0.2, -0.15) is 0 Å². The van der Waals surface area contributed by atoms with Crippen LogP contribution in [0.5, 0.6) is 0 Å². The molecule has 2 heteroatoms. The molecule has 0 saturated carbocycles. The second-order valence-corrected chi connectivity index (χ2v) is 17.6. The summed E-state index contributed by atoms with van der Waals surface area (Å²) in [6.07, 6.45) is 63.6. The molecule has 0 spiro atoms. The third-order valence-electron chi connectivity index (χ3n) is 11.6. The Labute approximate surface area is 336 Å². The van der Waals surface area contributed by atoms with E-state index in [4.69, 9.17) is 4.74 Å². The Balaban J connectivity index is 3.13. The lowest BCUT2D eigenvalue weighted by molar-refractivity contribution is -0.143. The highest BCUT2D eigenvalue weighted by molar-refractivity contribution is 5.69. The van der Waals surface area contributed by atoms with Gasteiger partial charge in [0.1, 0.15) is 0 Å². The van der Waals surface area contributed by atoms with Gasteiger partial charge in [-0.15, -0.1) is 0 Å². The lowest BCUT2D eigenvalue weighted by atomic mass is 10.0. The molecule has 0 N–H and O–H groups in total. The Morgan fingerprint density at radius 3 is 1.00 bits per heavy atom. The van der Waals surface area contributed by atoms with Crippen molar-refractivity contribution in [2.75, 3.05) is 6.61 Å². The lowest BCUT2D eigenvalue weighted by Crippen LogP contribution is -2.05. The van der Waals surface area contributed by atoms with Crippen molar-refractivity contribution in [1.29, 1.82) is 0 Å². The minimum Gasteiger partial charge on any atom is -0.466 e. The zero-order valence-electron chi connectivity index (χ0n) is 37.2. The van der Waals surface area contributed by atoms with E-state index in [2.05, 4.69) is 32.9 Å². The van der Waals surface area contributed by atoms with Crippen LogP contribution >= 0.6 is 0 Å². The van der Waals surface area contributed by atoms with Gasteiger partial charge in [-0.25, -0.2) is 0 Å². The largest absolute Gasteiger partial charge is 0.466 e. The summed E-state index contributed by atoms with van der Waals surface area (Å²) < 4.78 is 5.46. The van der Waals surface area contributed by atoms with E-state index in [1.54, 1.807) is 0 Å². The summed E-state index contributed by atoms with van der Waals surface area (Å²) in [5.74, 6) is 0.908. The van der Waals surface area contributed by atoms with Crippen LogP contribution in [0.3, 0.4) is 0 Å². The van der Waals surface area contributed by atoms with Gasteiger partial charge in [-0.1, -0.05) is 270 Å². The summed E-state index contributed by atoms with van der Waals surface area (Å²) in [7, 11) is 0. The Bertz CT molecular complexity index is 696. The summed E-state index contributed by atoms with van der Waals surface area (Å²) in [5.41, 5.74) is 0. The molecule has 0 rings (SSSR count). The predicted molar refractivity (Wildman–Crippen MR) is 239 cm³/mol. The van der Waals surface area contributed by atoms with Gasteiger partial charge in [0.15, 0.2) is 0 Å². The Hall–Kier alpha value is -0.790. The molecule has 0 aromatic heterocycles. The third-order valence-corrected chi connectivity index (χ3v) is 11.6. The van der Waals surface area contributed by atoms with Gasteiger partial charge < -0.3 is 4.74 Å². The van der Waals surface area contributed by atoms with Crippen LogP contribution in [0.15, 0.2) is 12.2 Å². The van der Waals surface area contributed by atoms with E-state index < -0.39 is 0 Å². The van der Waals surface area contributed by atoms with Crippen LogP contribution in [0.1, 0.15) is 297 Å². The zero-order valence-corrected chi connectivity index (χ0v) is 37.2. The summed E-state index contributed by atoms with van der Waals surface area (Å²) in [6.45, 7) is 7.57. The highest BCUT2D eigenvalue weighted by atomic mass is 16.5. The Kier molecular flexibility index (Phi) is 46.7. The zero-order chi connectivity index (χ0) is 38.4. The third kappa shape index (κ3) is 49.2. The van der Waals surface area contributed by atoms with E-state index >= 15 is 0 Å². The van der Waals surface area contributed by atoms with E-state index in [9.17, 15) is 4.79 Å². The molecule has 0 unspecified atom stereocenters. The summed E-state index contributed by atoms with van der Waals surface area (Å²) in [4.78, 5) is 12.0. The topological polar surface area (TPSA) is 26.3 Å². The number of ether oxygens (including phenoxy) is 1. The molecule has 0 saturated heterocycles. The van der Waals surface area contributed by atoms with Crippen LogP contribution in [0, 0.1) is 5.92 Å². The first-order valence-electron chi connectivity index (χ1n) is 25.0. The molecule has 316 valence electrons. The molecule has 0 aliphatic heterocycles. The molecule has 0 heterocycles. The quantitative estimate of drug-likeness (QED) is 0.0352. The van der Waals surface area contributed by atoms with E-state index in [1.165, 1.54) is 250 Å². The van der Waals surface area contributed by atoms with Gasteiger partial charge >= 0.3 is 5.97 Å². The fourth-order valence-electron chi connectivity index (χ4n) is 7.84. The second kappa shape index (κ2) is 47.4. The molecular weight excluding hydrogens is 645 g/mol. The van der Waals surface area contributed by atoms with Crippen LogP contribution in [0.25, 0.3) is 0 Å². The average Bonchev–Trinajstić information content (AvgIpc) is 3.15. The van der Waals surface area contributed by atoms with Crippen molar-refractivity contribution in [3.05, 3.63) is 12.2 Å². The van der Waals surface area contributed by atoms with E-state index in [-0.39, 0.29) is 5.97 Å². The standard InChI is InChI=1S/C51H100O2/c1-4-5-6-7-8-9-32-36-39-42-45-48-51(52)53-49-46-43-40-37-34-31-29-27-25-23-21-19-17-15-13-11-10-12-14-16-18-20-22-24-26-28-30-33-35-38-41-44-47-50(2)3/h7-8,50H,4-6,9-49H2,1-3H3. The fourth-order valence-corrected chi connectivity index (χ4v) is 7.84. The van der Waals surface area contributed by atoms with Gasteiger partial charge in [0.25, 0.3) is 0 Å². The highest BCUT2D eigenvalue weighted by Crippen LogP contribution is 2.18. The highest BCUT2D eigenvalue weighted by Gasteiger charge is 2.03. The van der Waals surface area contributed by atoms with Crippen molar-refractivity contribution in [2.24, 2.45) is 5.92 Å². The molecule has 0 aromatic rings. The first-order valence-corrected chi connectivity index (χ1v) is 25.0. The van der Waals surface area contributed by atoms with Gasteiger partial charge in [0, 0.05) is 6.42 Å².